The number of rotatable bonds is 5. The summed E-state index contributed by atoms with van der Waals surface area (Å²) in [5.41, 5.74) is 0.506. The lowest BCUT2D eigenvalue weighted by atomic mass is 9.77. The molecular weight excluding hydrogens is 274 g/mol. The largest absolute Gasteiger partial charge is 0.303 e. The summed E-state index contributed by atoms with van der Waals surface area (Å²) in [6.07, 6.45) is 8.33. The van der Waals surface area contributed by atoms with E-state index >= 15 is 0 Å². The third-order valence-electron chi connectivity index (χ3n) is 4.15. The molecular formula is C15H30BrN. The Labute approximate surface area is 116 Å². The van der Waals surface area contributed by atoms with Crippen LogP contribution in [0.25, 0.3) is 0 Å². The molecule has 2 heteroatoms. The topological polar surface area (TPSA) is 3.24 Å². The Bertz CT molecular complexity index is 198. The van der Waals surface area contributed by atoms with Crippen LogP contribution in [0.2, 0.25) is 0 Å². The van der Waals surface area contributed by atoms with Gasteiger partial charge in [-0.2, -0.15) is 0 Å². The monoisotopic (exact) mass is 303 g/mol. The molecule has 1 rings (SSSR count). The van der Waals surface area contributed by atoms with E-state index in [1.807, 2.05) is 0 Å². The van der Waals surface area contributed by atoms with Crippen molar-refractivity contribution in [3.8, 4) is 0 Å². The minimum Gasteiger partial charge on any atom is -0.303 e. The van der Waals surface area contributed by atoms with Crippen molar-refractivity contribution in [1.82, 2.24) is 4.90 Å². The van der Waals surface area contributed by atoms with Crippen molar-refractivity contribution in [3.05, 3.63) is 0 Å². The lowest BCUT2D eigenvalue weighted by molar-refractivity contribution is 0.207. The predicted molar refractivity (Wildman–Crippen MR) is 80.9 cm³/mol. The maximum Gasteiger partial charge on any atom is 0.00313 e. The Balaban J connectivity index is 2.23. The second kappa shape index (κ2) is 7.78. The first kappa shape index (κ1) is 15.5. The van der Waals surface area contributed by atoms with Gasteiger partial charge in [0.25, 0.3) is 0 Å². The maximum absolute atomic E-state index is 3.50. The van der Waals surface area contributed by atoms with E-state index in [-0.39, 0.29) is 0 Å². The first-order chi connectivity index (χ1) is 8.04. The van der Waals surface area contributed by atoms with Crippen molar-refractivity contribution in [1.29, 1.82) is 0 Å². The minimum atomic E-state index is 0.506. The van der Waals surface area contributed by atoms with E-state index in [4.69, 9.17) is 0 Å². The van der Waals surface area contributed by atoms with E-state index in [9.17, 15) is 0 Å². The summed E-state index contributed by atoms with van der Waals surface area (Å²) >= 11 is 3.50. The quantitative estimate of drug-likeness (QED) is 0.525. The van der Waals surface area contributed by atoms with Crippen LogP contribution in [0.4, 0.5) is 0 Å². The summed E-state index contributed by atoms with van der Waals surface area (Å²) in [6.45, 7) is 11.2. The fraction of sp³-hybridized carbons (Fsp3) is 1.00. The molecule has 102 valence electrons. The van der Waals surface area contributed by atoms with Crippen molar-refractivity contribution in [3.63, 3.8) is 0 Å². The van der Waals surface area contributed by atoms with Gasteiger partial charge in [0.2, 0.25) is 0 Å². The normalized spacial score (nSPS) is 23.6. The molecule has 1 fully saturated rings. The average molecular weight is 304 g/mol. The van der Waals surface area contributed by atoms with Crippen molar-refractivity contribution in [2.24, 2.45) is 11.3 Å². The summed E-state index contributed by atoms with van der Waals surface area (Å²) in [4.78, 5) is 2.69. The molecule has 0 saturated carbocycles. The molecule has 1 atom stereocenters. The van der Waals surface area contributed by atoms with Gasteiger partial charge in [0, 0.05) is 5.33 Å². The molecule has 0 amide bonds. The molecule has 0 bridgehead atoms. The Morgan fingerprint density at radius 1 is 1.06 bits per heavy atom. The summed E-state index contributed by atoms with van der Waals surface area (Å²) in [6, 6.07) is 0. The fourth-order valence-corrected chi connectivity index (χ4v) is 3.25. The van der Waals surface area contributed by atoms with Crippen LogP contribution >= 0.6 is 15.9 Å². The van der Waals surface area contributed by atoms with Crippen molar-refractivity contribution >= 4 is 15.9 Å². The van der Waals surface area contributed by atoms with Crippen LogP contribution in [0, 0.1) is 11.3 Å². The molecule has 1 unspecified atom stereocenters. The van der Waals surface area contributed by atoms with Crippen molar-refractivity contribution in [2.75, 3.05) is 25.0 Å². The number of hydrogen-bond acceptors (Lipinski definition) is 1. The fourth-order valence-electron chi connectivity index (χ4n) is 2.85. The molecule has 1 aliphatic heterocycles. The van der Waals surface area contributed by atoms with Gasteiger partial charge in [-0.15, -0.1) is 0 Å². The molecule has 17 heavy (non-hydrogen) atoms. The Morgan fingerprint density at radius 3 is 2.47 bits per heavy atom. The van der Waals surface area contributed by atoms with Crippen LogP contribution in [0.3, 0.4) is 0 Å². The van der Waals surface area contributed by atoms with Crippen molar-refractivity contribution in [2.45, 2.75) is 59.3 Å². The van der Waals surface area contributed by atoms with Gasteiger partial charge in [0.1, 0.15) is 0 Å². The van der Waals surface area contributed by atoms with E-state index in [0.717, 1.165) is 5.92 Å². The van der Waals surface area contributed by atoms with Crippen LogP contribution in [0.1, 0.15) is 59.3 Å². The third kappa shape index (κ3) is 6.24. The summed E-state index contributed by atoms with van der Waals surface area (Å²) in [5.74, 6) is 0.926. The Morgan fingerprint density at radius 2 is 1.82 bits per heavy atom. The molecule has 0 N–H and O–H groups in total. The van der Waals surface area contributed by atoms with Crippen LogP contribution in [0.5, 0.6) is 0 Å². The van der Waals surface area contributed by atoms with E-state index < -0.39 is 0 Å². The van der Waals surface area contributed by atoms with Crippen LogP contribution < -0.4 is 0 Å². The molecule has 0 aromatic rings. The smallest absolute Gasteiger partial charge is 0.00313 e. The third-order valence-corrected chi connectivity index (χ3v) is 4.71. The number of likely N-dealkylation sites (tertiary alicyclic amines) is 1. The highest BCUT2D eigenvalue weighted by Crippen LogP contribution is 2.34. The highest BCUT2D eigenvalue weighted by atomic mass is 79.9. The minimum absolute atomic E-state index is 0.506. The molecule has 0 spiro atoms. The van der Waals surface area contributed by atoms with E-state index in [2.05, 4.69) is 41.6 Å². The highest BCUT2D eigenvalue weighted by molar-refractivity contribution is 9.09. The molecule has 1 aliphatic rings. The zero-order chi connectivity index (χ0) is 12.7. The summed E-state index contributed by atoms with van der Waals surface area (Å²) in [5, 5.41) is 1.17. The van der Waals surface area contributed by atoms with Gasteiger partial charge in [-0.05, 0) is 63.1 Å². The summed E-state index contributed by atoms with van der Waals surface area (Å²) in [7, 11) is 0. The highest BCUT2D eigenvalue weighted by Gasteiger charge is 2.26. The lowest BCUT2D eigenvalue weighted by Crippen LogP contribution is -2.27. The molecule has 1 saturated heterocycles. The zero-order valence-corrected chi connectivity index (χ0v) is 13.6. The predicted octanol–water partition coefficient (Wildman–Crippen LogP) is 4.70. The van der Waals surface area contributed by atoms with Gasteiger partial charge in [0.05, 0.1) is 0 Å². The average Bonchev–Trinajstić information content (AvgIpc) is 2.49. The van der Waals surface area contributed by atoms with Gasteiger partial charge in [-0.1, -0.05) is 43.1 Å². The molecule has 0 aromatic carbocycles. The second-order valence-electron chi connectivity index (χ2n) is 6.59. The zero-order valence-electron chi connectivity index (χ0n) is 12.0. The molecule has 0 aromatic heterocycles. The van der Waals surface area contributed by atoms with Crippen molar-refractivity contribution < 1.29 is 0 Å². The van der Waals surface area contributed by atoms with Crippen LogP contribution in [0.15, 0.2) is 0 Å². The van der Waals surface area contributed by atoms with Gasteiger partial charge in [-0.25, -0.2) is 0 Å². The van der Waals surface area contributed by atoms with Gasteiger partial charge in [-0.3, -0.25) is 0 Å². The first-order valence-electron chi connectivity index (χ1n) is 7.32. The van der Waals surface area contributed by atoms with Gasteiger partial charge < -0.3 is 4.90 Å². The second-order valence-corrected chi connectivity index (χ2v) is 7.38. The van der Waals surface area contributed by atoms with E-state index in [1.165, 1.54) is 63.5 Å². The molecule has 0 aliphatic carbocycles. The van der Waals surface area contributed by atoms with Crippen LogP contribution in [-0.4, -0.2) is 29.9 Å². The lowest BCUT2D eigenvalue weighted by Gasteiger charge is -2.29. The molecule has 1 heterocycles. The maximum atomic E-state index is 3.50. The van der Waals surface area contributed by atoms with Gasteiger partial charge >= 0.3 is 0 Å². The van der Waals surface area contributed by atoms with Gasteiger partial charge in [0.15, 0.2) is 0 Å². The number of alkyl halides is 1. The first-order valence-corrected chi connectivity index (χ1v) is 8.44. The van der Waals surface area contributed by atoms with Crippen LogP contribution in [-0.2, 0) is 0 Å². The van der Waals surface area contributed by atoms with E-state index in [1.54, 1.807) is 0 Å². The van der Waals surface area contributed by atoms with E-state index in [0.29, 0.717) is 5.41 Å². The number of nitrogens with zero attached hydrogens (tertiary/aromatic N) is 1. The molecule has 0 radical (unpaired) electrons. The Kier molecular flexibility index (Phi) is 7.10. The number of hydrogen-bond donors (Lipinski definition) is 0. The SMILES string of the molecule is CC(C)(C)C1CCCN(CCCCCBr)CC1. The standard InChI is InChI=1S/C15H30BrN/c1-15(2,3)14-8-7-12-17(13-9-14)11-6-4-5-10-16/h14H,4-13H2,1-3H3. The Hall–Kier alpha value is 0.440. The summed E-state index contributed by atoms with van der Waals surface area (Å²) < 4.78 is 0. The number of unbranched alkanes of at least 4 members (excludes halogenated alkanes) is 2. The number of halogens is 1. The molecule has 1 nitrogen and oxygen atoms in total.